The van der Waals surface area contributed by atoms with Crippen LogP contribution in [0.4, 0.5) is 0 Å². The zero-order valence-electron chi connectivity index (χ0n) is 8.38. The molecule has 0 spiro atoms. The molecule has 4 nitrogen and oxygen atoms in total. The fraction of sp³-hybridized carbons (Fsp3) is 0.667. The molecule has 0 aromatic carbocycles. The van der Waals surface area contributed by atoms with Gasteiger partial charge >= 0.3 is 0 Å². The maximum absolute atomic E-state index is 11.6. The maximum Gasteiger partial charge on any atom is 0.159 e. The Labute approximate surface area is 92.9 Å². The van der Waals surface area contributed by atoms with Crippen LogP contribution in [-0.4, -0.2) is 24.3 Å². The van der Waals surface area contributed by atoms with Crippen molar-refractivity contribution in [2.75, 3.05) is 5.75 Å². The number of hydrogen-bond donors (Lipinski definition) is 1. The van der Waals surface area contributed by atoms with Crippen LogP contribution in [0, 0.1) is 0 Å². The van der Waals surface area contributed by atoms with Gasteiger partial charge in [0.1, 0.15) is 10.3 Å². The van der Waals surface area contributed by atoms with Crippen molar-refractivity contribution in [2.24, 2.45) is 0 Å². The largest absolute Gasteiger partial charge is 0.387 e. The van der Waals surface area contributed by atoms with Crippen molar-refractivity contribution in [1.82, 2.24) is 4.98 Å². The molecule has 2 rings (SSSR count). The lowest BCUT2D eigenvalue weighted by molar-refractivity contribution is 0.195. The van der Waals surface area contributed by atoms with E-state index in [1.54, 1.807) is 12.3 Å². The third kappa shape index (κ3) is 2.07. The van der Waals surface area contributed by atoms with Crippen LogP contribution in [-0.2, 0) is 9.84 Å². The van der Waals surface area contributed by atoms with Gasteiger partial charge in [-0.3, -0.25) is 0 Å². The second-order valence-electron chi connectivity index (χ2n) is 3.78. The van der Waals surface area contributed by atoms with E-state index in [4.69, 9.17) is 0 Å². The Morgan fingerprint density at radius 1 is 1.67 bits per heavy atom. The Bertz CT molecular complexity index is 450. The van der Waals surface area contributed by atoms with Crippen LogP contribution < -0.4 is 0 Å². The van der Waals surface area contributed by atoms with Crippen LogP contribution in [0.1, 0.15) is 41.8 Å². The standard InChI is InChI=1S/C9H13NO3S2/c1-6(11)7-5-14-9(10-7)8-3-2-4-15(8,12)13/h5-6,8,11H,2-4H2,1H3. The number of hydrogen-bond acceptors (Lipinski definition) is 5. The van der Waals surface area contributed by atoms with Crippen molar-refractivity contribution in [1.29, 1.82) is 0 Å². The zero-order chi connectivity index (χ0) is 11.1. The first-order chi connectivity index (χ1) is 7.00. The van der Waals surface area contributed by atoms with E-state index in [-0.39, 0.29) is 5.75 Å². The van der Waals surface area contributed by atoms with Crippen molar-refractivity contribution in [3.63, 3.8) is 0 Å². The van der Waals surface area contributed by atoms with Crippen molar-refractivity contribution in [3.8, 4) is 0 Å². The minimum absolute atomic E-state index is 0.265. The number of sulfone groups is 1. The summed E-state index contributed by atoms with van der Waals surface area (Å²) in [6.45, 7) is 1.63. The third-order valence-electron chi connectivity index (χ3n) is 2.57. The van der Waals surface area contributed by atoms with Crippen LogP contribution in [0.25, 0.3) is 0 Å². The van der Waals surface area contributed by atoms with Gasteiger partial charge in [-0.25, -0.2) is 13.4 Å². The predicted molar refractivity (Wildman–Crippen MR) is 58.5 cm³/mol. The van der Waals surface area contributed by atoms with Crippen molar-refractivity contribution >= 4 is 21.2 Å². The van der Waals surface area contributed by atoms with Crippen LogP contribution in [0.3, 0.4) is 0 Å². The van der Waals surface area contributed by atoms with Gasteiger partial charge in [0.25, 0.3) is 0 Å². The smallest absolute Gasteiger partial charge is 0.159 e. The van der Waals surface area contributed by atoms with Gasteiger partial charge in [0.2, 0.25) is 0 Å². The molecule has 0 radical (unpaired) electrons. The summed E-state index contributed by atoms with van der Waals surface area (Å²) < 4.78 is 23.3. The lowest BCUT2D eigenvalue weighted by Gasteiger charge is -2.04. The number of thiazole rings is 1. The van der Waals surface area contributed by atoms with E-state index in [1.807, 2.05) is 0 Å². The molecule has 1 aromatic heterocycles. The van der Waals surface area contributed by atoms with Gasteiger partial charge in [-0.2, -0.15) is 0 Å². The molecule has 0 saturated carbocycles. The number of aliphatic hydroxyl groups is 1. The first-order valence-electron chi connectivity index (χ1n) is 4.85. The Kier molecular flexibility index (Phi) is 2.83. The number of nitrogens with zero attached hydrogens (tertiary/aromatic N) is 1. The molecule has 1 aliphatic rings. The monoisotopic (exact) mass is 247 g/mol. The Morgan fingerprint density at radius 3 is 2.87 bits per heavy atom. The average Bonchev–Trinajstić information content (AvgIpc) is 2.69. The molecule has 0 aliphatic carbocycles. The second-order valence-corrected chi connectivity index (χ2v) is 6.98. The average molecular weight is 247 g/mol. The topological polar surface area (TPSA) is 67.3 Å². The van der Waals surface area contributed by atoms with E-state index in [0.29, 0.717) is 17.1 Å². The molecule has 15 heavy (non-hydrogen) atoms. The molecule has 1 aliphatic heterocycles. The van der Waals surface area contributed by atoms with E-state index < -0.39 is 21.2 Å². The summed E-state index contributed by atoms with van der Waals surface area (Å²) in [7, 11) is -2.99. The highest BCUT2D eigenvalue weighted by atomic mass is 32.2. The number of aliphatic hydroxyl groups excluding tert-OH is 1. The van der Waals surface area contributed by atoms with Crippen LogP contribution >= 0.6 is 11.3 Å². The molecular weight excluding hydrogens is 234 g/mol. The van der Waals surface area contributed by atoms with Crippen LogP contribution in [0.15, 0.2) is 5.38 Å². The van der Waals surface area contributed by atoms with E-state index in [0.717, 1.165) is 6.42 Å². The highest BCUT2D eigenvalue weighted by Gasteiger charge is 2.34. The highest BCUT2D eigenvalue weighted by molar-refractivity contribution is 7.92. The van der Waals surface area contributed by atoms with Crippen molar-refractivity contribution in [3.05, 3.63) is 16.1 Å². The number of aromatic nitrogens is 1. The molecular formula is C9H13NO3S2. The van der Waals surface area contributed by atoms with Gasteiger partial charge in [0.05, 0.1) is 17.6 Å². The molecule has 1 saturated heterocycles. The maximum atomic E-state index is 11.6. The molecule has 2 unspecified atom stereocenters. The minimum atomic E-state index is -2.99. The minimum Gasteiger partial charge on any atom is -0.387 e. The van der Waals surface area contributed by atoms with E-state index in [2.05, 4.69) is 4.98 Å². The van der Waals surface area contributed by atoms with Crippen molar-refractivity contribution in [2.45, 2.75) is 31.1 Å². The molecule has 1 aromatic rings. The molecule has 0 bridgehead atoms. The molecule has 2 atom stereocenters. The molecule has 84 valence electrons. The van der Waals surface area contributed by atoms with Gasteiger partial charge in [0.15, 0.2) is 9.84 Å². The molecule has 2 heterocycles. The van der Waals surface area contributed by atoms with Gasteiger partial charge in [-0.1, -0.05) is 0 Å². The van der Waals surface area contributed by atoms with Crippen LogP contribution in [0.2, 0.25) is 0 Å². The second kappa shape index (κ2) is 3.84. The summed E-state index contributed by atoms with van der Waals surface area (Å²) >= 11 is 1.33. The van der Waals surface area contributed by atoms with E-state index in [1.165, 1.54) is 11.3 Å². The summed E-state index contributed by atoms with van der Waals surface area (Å²) in [5.74, 6) is 0.265. The summed E-state index contributed by atoms with van der Waals surface area (Å²) in [5.41, 5.74) is 0.567. The summed E-state index contributed by atoms with van der Waals surface area (Å²) in [5, 5.41) is 11.2. The Morgan fingerprint density at radius 2 is 2.40 bits per heavy atom. The third-order valence-corrected chi connectivity index (χ3v) is 5.88. The quantitative estimate of drug-likeness (QED) is 0.859. The molecule has 1 N–H and O–H groups in total. The van der Waals surface area contributed by atoms with Gasteiger partial charge in [-0.15, -0.1) is 11.3 Å². The summed E-state index contributed by atoms with van der Waals surface area (Å²) in [4.78, 5) is 4.18. The van der Waals surface area contributed by atoms with Crippen LogP contribution in [0.5, 0.6) is 0 Å². The van der Waals surface area contributed by atoms with Gasteiger partial charge in [0, 0.05) is 5.38 Å². The molecule has 6 heteroatoms. The van der Waals surface area contributed by atoms with Gasteiger partial charge < -0.3 is 5.11 Å². The number of rotatable bonds is 2. The lowest BCUT2D eigenvalue weighted by Crippen LogP contribution is -2.07. The highest BCUT2D eigenvalue weighted by Crippen LogP contribution is 2.36. The molecule has 1 fully saturated rings. The van der Waals surface area contributed by atoms with E-state index >= 15 is 0 Å². The van der Waals surface area contributed by atoms with E-state index in [9.17, 15) is 13.5 Å². The summed E-state index contributed by atoms with van der Waals surface area (Å²) in [6, 6.07) is 0. The van der Waals surface area contributed by atoms with Gasteiger partial charge in [-0.05, 0) is 19.8 Å². The fourth-order valence-corrected chi connectivity index (χ4v) is 4.97. The molecule has 0 amide bonds. The lowest BCUT2D eigenvalue weighted by atomic mass is 10.2. The van der Waals surface area contributed by atoms with Crippen molar-refractivity contribution < 1.29 is 13.5 Å². The summed E-state index contributed by atoms with van der Waals surface area (Å²) in [6.07, 6.45) is 0.755. The SMILES string of the molecule is CC(O)c1csc(C2CCCS2(=O)=O)n1. The predicted octanol–water partition coefficient (Wildman–Crippen LogP) is 1.45. The fourth-order valence-electron chi connectivity index (χ4n) is 1.71. The zero-order valence-corrected chi connectivity index (χ0v) is 10.0. The Balaban J connectivity index is 2.30. The first-order valence-corrected chi connectivity index (χ1v) is 7.45. The normalized spacial score (nSPS) is 26.7. The Hall–Kier alpha value is -0.460. The first kappa shape index (κ1) is 11.0.